The lowest BCUT2D eigenvalue weighted by Gasteiger charge is -2.52. The summed E-state index contributed by atoms with van der Waals surface area (Å²) >= 11 is 0. The molecule has 0 aliphatic carbocycles. The van der Waals surface area contributed by atoms with Gasteiger partial charge in [0, 0.05) is 26.1 Å². The first kappa shape index (κ1) is 16.2. The second-order valence-corrected chi connectivity index (χ2v) is 6.31. The van der Waals surface area contributed by atoms with Crippen molar-refractivity contribution in [1.82, 2.24) is 20.4 Å². The van der Waals surface area contributed by atoms with E-state index in [1.807, 2.05) is 6.92 Å². The third-order valence-corrected chi connectivity index (χ3v) is 4.95. The summed E-state index contributed by atoms with van der Waals surface area (Å²) in [5, 5.41) is 15.7. The van der Waals surface area contributed by atoms with Crippen LogP contribution in [-0.2, 0) is 0 Å². The Hall–Kier alpha value is -2.64. The molecule has 2 aliphatic heterocycles. The molecule has 0 spiro atoms. The molecular weight excluding hydrogens is 312 g/mol. The van der Waals surface area contributed by atoms with Gasteiger partial charge in [-0.1, -0.05) is 6.07 Å². The third kappa shape index (κ3) is 2.38. The van der Waals surface area contributed by atoms with E-state index >= 15 is 0 Å². The summed E-state index contributed by atoms with van der Waals surface area (Å²) in [6.07, 6.45) is -0.401. The molecule has 24 heavy (non-hydrogen) atoms. The quantitative estimate of drug-likeness (QED) is 0.754. The van der Waals surface area contributed by atoms with Crippen molar-refractivity contribution in [2.75, 3.05) is 21.2 Å². The van der Waals surface area contributed by atoms with Crippen LogP contribution in [0.4, 0.5) is 9.59 Å². The summed E-state index contributed by atoms with van der Waals surface area (Å²) in [6.45, 7) is 1.93. The molecule has 3 N–H and O–H groups in total. The van der Waals surface area contributed by atoms with Gasteiger partial charge in [-0.2, -0.15) is 0 Å². The highest BCUT2D eigenvalue weighted by Crippen LogP contribution is 2.40. The van der Waals surface area contributed by atoms with Gasteiger partial charge in [-0.25, -0.2) is 9.59 Å². The molecule has 4 atom stereocenters. The van der Waals surface area contributed by atoms with Gasteiger partial charge >= 0.3 is 12.1 Å². The summed E-state index contributed by atoms with van der Waals surface area (Å²) in [5.74, 6) is 0.330. The first-order chi connectivity index (χ1) is 11.3. The molecule has 2 fully saturated rings. The maximum atomic E-state index is 12.4. The van der Waals surface area contributed by atoms with Crippen LogP contribution in [0.5, 0.6) is 11.5 Å². The minimum Gasteiger partial charge on any atom is -0.504 e. The highest BCUT2D eigenvalue weighted by molar-refractivity contribution is 5.80. The Kier molecular flexibility index (Phi) is 3.90. The average Bonchev–Trinajstić information content (AvgIpc) is 2.55. The van der Waals surface area contributed by atoms with E-state index in [1.54, 1.807) is 37.2 Å². The number of urea groups is 2. The van der Waals surface area contributed by atoms with Gasteiger partial charge in [0.05, 0.1) is 13.2 Å². The van der Waals surface area contributed by atoms with Crippen molar-refractivity contribution in [1.29, 1.82) is 0 Å². The summed E-state index contributed by atoms with van der Waals surface area (Å²) in [5.41, 5.74) is 0.841. The third-order valence-electron chi connectivity index (χ3n) is 4.95. The monoisotopic (exact) mass is 334 g/mol. The minimum absolute atomic E-state index is 0.0443. The zero-order chi connectivity index (χ0) is 17.6. The normalized spacial score (nSPS) is 29.7. The smallest absolute Gasteiger partial charge is 0.319 e. The molecular formula is C16H22N4O4. The minimum atomic E-state index is -0.401. The van der Waals surface area contributed by atoms with Gasteiger partial charge in [0.1, 0.15) is 6.17 Å². The number of carbonyl (C=O) groups is 2. The van der Waals surface area contributed by atoms with Crippen LogP contribution in [0.25, 0.3) is 0 Å². The number of ether oxygens (including phenoxy) is 1. The fourth-order valence-corrected chi connectivity index (χ4v) is 3.63. The zero-order valence-electron chi connectivity index (χ0n) is 14.1. The first-order valence-corrected chi connectivity index (χ1v) is 7.78. The maximum absolute atomic E-state index is 12.4. The van der Waals surface area contributed by atoms with Gasteiger partial charge < -0.3 is 30.3 Å². The number of hydrogen-bond donors (Lipinski definition) is 3. The molecule has 0 saturated carbocycles. The van der Waals surface area contributed by atoms with Crippen LogP contribution in [0.1, 0.15) is 18.5 Å². The molecule has 3 rings (SSSR count). The fraction of sp³-hybridized carbons (Fsp3) is 0.500. The molecule has 2 unspecified atom stereocenters. The predicted octanol–water partition coefficient (Wildman–Crippen LogP) is 1.08. The Morgan fingerprint density at radius 3 is 2.46 bits per heavy atom. The van der Waals surface area contributed by atoms with Crippen LogP contribution in [0.15, 0.2) is 18.2 Å². The summed E-state index contributed by atoms with van der Waals surface area (Å²) in [6, 6.07) is 4.20. The molecule has 4 amide bonds. The van der Waals surface area contributed by atoms with Gasteiger partial charge in [-0.3, -0.25) is 0 Å². The van der Waals surface area contributed by atoms with Crippen molar-refractivity contribution in [2.45, 2.75) is 25.2 Å². The van der Waals surface area contributed by atoms with E-state index in [9.17, 15) is 14.7 Å². The Morgan fingerprint density at radius 1 is 1.12 bits per heavy atom. The number of amides is 4. The number of methoxy groups -OCH3 is 1. The molecule has 2 aliphatic rings. The number of benzene rings is 1. The second kappa shape index (κ2) is 5.77. The van der Waals surface area contributed by atoms with Crippen LogP contribution in [0.3, 0.4) is 0 Å². The molecule has 1 aromatic rings. The van der Waals surface area contributed by atoms with Gasteiger partial charge in [0.15, 0.2) is 11.5 Å². The molecule has 130 valence electrons. The zero-order valence-corrected chi connectivity index (χ0v) is 14.1. The molecule has 1 aromatic carbocycles. The van der Waals surface area contributed by atoms with Crippen molar-refractivity contribution in [2.24, 2.45) is 5.92 Å². The highest BCUT2D eigenvalue weighted by Gasteiger charge is 2.49. The van der Waals surface area contributed by atoms with Gasteiger partial charge in [-0.05, 0) is 24.6 Å². The second-order valence-electron chi connectivity index (χ2n) is 6.31. The molecule has 0 aromatic heterocycles. The average molecular weight is 334 g/mol. The summed E-state index contributed by atoms with van der Waals surface area (Å²) in [7, 11) is 4.87. The van der Waals surface area contributed by atoms with E-state index in [0.29, 0.717) is 5.75 Å². The number of fused-ring (bicyclic) bond motifs is 1. The van der Waals surface area contributed by atoms with Gasteiger partial charge in [0.25, 0.3) is 0 Å². The van der Waals surface area contributed by atoms with Gasteiger partial charge in [0.2, 0.25) is 0 Å². The number of nitrogens with one attached hydrogen (secondary N) is 2. The van der Waals surface area contributed by atoms with Crippen LogP contribution < -0.4 is 15.4 Å². The van der Waals surface area contributed by atoms with E-state index < -0.39 is 6.17 Å². The molecule has 2 heterocycles. The van der Waals surface area contributed by atoms with E-state index in [4.69, 9.17) is 4.74 Å². The Bertz CT molecular complexity index is 680. The van der Waals surface area contributed by atoms with Crippen molar-refractivity contribution in [3.8, 4) is 11.5 Å². The van der Waals surface area contributed by atoms with Crippen LogP contribution in [0.2, 0.25) is 0 Å². The summed E-state index contributed by atoms with van der Waals surface area (Å²) < 4.78 is 5.19. The van der Waals surface area contributed by atoms with Crippen LogP contribution in [-0.4, -0.2) is 60.4 Å². The van der Waals surface area contributed by atoms with Crippen LogP contribution >= 0.6 is 0 Å². The SMILES string of the molecule is COc1cc(C2[C@@H]3C(C)NC(=O)N(C)[C@@H]3NC(=O)N2C)ccc1O. The number of phenols is 1. The number of phenolic OH excluding ortho intramolecular Hbond substituents is 1. The lowest BCUT2D eigenvalue weighted by atomic mass is 9.81. The Balaban J connectivity index is 2.06. The van der Waals surface area contributed by atoms with Crippen molar-refractivity contribution in [3.63, 3.8) is 0 Å². The summed E-state index contributed by atoms with van der Waals surface area (Å²) in [4.78, 5) is 27.6. The van der Waals surface area contributed by atoms with Crippen molar-refractivity contribution >= 4 is 12.1 Å². The van der Waals surface area contributed by atoms with Crippen LogP contribution in [0, 0.1) is 5.92 Å². The molecule has 8 heteroatoms. The molecule has 2 saturated heterocycles. The van der Waals surface area contributed by atoms with E-state index in [0.717, 1.165) is 5.56 Å². The largest absolute Gasteiger partial charge is 0.504 e. The standard InChI is InChI=1S/C16H22N4O4/c1-8-12-13(9-5-6-10(21)11(7-9)24-4)19(2)16(23)18-14(12)20(3)15(22)17-8/h5-8,12-14,21H,1-4H3,(H,17,22)(H,18,23)/t8?,12-,13?,14-/m0/s1. The number of hydrogen-bond acceptors (Lipinski definition) is 4. The Labute approximate surface area is 140 Å². The molecule has 0 bridgehead atoms. The topological polar surface area (TPSA) is 94.1 Å². The fourth-order valence-electron chi connectivity index (χ4n) is 3.63. The number of carbonyl (C=O) groups excluding carboxylic acids is 2. The lowest BCUT2D eigenvalue weighted by molar-refractivity contribution is 0.0247. The lowest BCUT2D eigenvalue weighted by Crippen LogP contribution is -2.71. The molecule has 0 radical (unpaired) electrons. The van der Waals surface area contributed by atoms with E-state index in [-0.39, 0.29) is 35.8 Å². The number of rotatable bonds is 2. The predicted molar refractivity (Wildman–Crippen MR) is 86.7 cm³/mol. The number of nitrogens with zero attached hydrogens (tertiary/aromatic N) is 2. The first-order valence-electron chi connectivity index (χ1n) is 7.78. The molecule has 8 nitrogen and oxygen atoms in total. The number of aromatic hydroxyl groups is 1. The highest BCUT2D eigenvalue weighted by atomic mass is 16.5. The van der Waals surface area contributed by atoms with E-state index in [2.05, 4.69) is 10.6 Å². The van der Waals surface area contributed by atoms with Gasteiger partial charge in [-0.15, -0.1) is 0 Å². The van der Waals surface area contributed by atoms with E-state index in [1.165, 1.54) is 12.0 Å². The Morgan fingerprint density at radius 2 is 1.79 bits per heavy atom. The maximum Gasteiger partial charge on any atom is 0.319 e. The van der Waals surface area contributed by atoms with Crippen molar-refractivity contribution < 1.29 is 19.4 Å². The van der Waals surface area contributed by atoms with Crippen molar-refractivity contribution in [3.05, 3.63) is 23.8 Å².